The Labute approximate surface area is 201 Å². The standard InChI is InChI=1S/C27H33ClN2O3/c1-27(2)18-30(17-16-23(27)19-12-14-20(28)15-13-19)25(31)22-10-6-7-11-24(22)29-26(32)33-21-8-4-3-5-9-21/h3-5,8-9,12-15,22-24H,6-7,10-11,16-18H2,1-2H3,(H,29,32). The predicted octanol–water partition coefficient (Wildman–Crippen LogP) is 6.03. The molecule has 1 aliphatic heterocycles. The smallest absolute Gasteiger partial charge is 0.410 e. The highest BCUT2D eigenvalue weighted by atomic mass is 35.5. The Balaban J connectivity index is 1.40. The van der Waals surface area contributed by atoms with Crippen molar-refractivity contribution in [1.29, 1.82) is 0 Å². The zero-order chi connectivity index (χ0) is 23.4. The Morgan fingerprint density at radius 1 is 1.00 bits per heavy atom. The summed E-state index contributed by atoms with van der Waals surface area (Å²) in [7, 11) is 0. The number of amides is 2. The van der Waals surface area contributed by atoms with Crippen LogP contribution in [-0.4, -0.2) is 36.0 Å². The number of carbonyl (C=O) groups excluding carboxylic acids is 2. The van der Waals surface area contributed by atoms with Crippen molar-refractivity contribution in [2.75, 3.05) is 13.1 Å². The van der Waals surface area contributed by atoms with E-state index < -0.39 is 6.09 Å². The highest BCUT2D eigenvalue weighted by molar-refractivity contribution is 6.30. The molecular weight excluding hydrogens is 436 g/mol. The van der Waals surface area contributed by atoms with Crippen LogP contribution in [0.1, 0.15) is 57.4 Å². The van der Waals surface area contributed by atoms with Gasteiger partial charge in [-0.15, -0.1) is 0 Å². The molecule has 0 spiro atoms. The lowest BCUT2D eigenvalue weighted by Gasteiger charge is -2.46. The normalized spacial score (nSPS) is 24.7. The molecule has 1 aliphatic carbocycles. The van der Waals surface area contributed by atoms with Crippen LogP contribution in [-0.2, 0) is 4.79 Å². The monoisotopic (exact) mass is 468 g/mol. The van der Waals surface area contributed by atoms with Crippen LogP contribution >= 0.6 is 11.6 Å². The molecule has 3 unspecified atom stereocenters. The SMILES string of the molecule is CC1(C)CN(C(=O)C2CCCCC2NC(=O)Oc2ccccc2)CCC1c1ccc(Cl)cc1. The number of halogens is 1. The molecule has 2 aromatic carbocycles. The minimum Gasteiger partial charge on any atom is -0.410 e. The number of rotatable bonds is 4. The van der Waals surface area contributed by atoms with Crippen molar-refractivity contribution in [2.45, 2.75) is 57.9 Å². The fourth-order valence-electron chi connectivity index (χ4n) is 5.47. The van der Waals surface area contributed by atoms with Crippen LogP contribution in [0.15, 0.2) is 54.6 Å². The quantitative estimate of drug-likeness (QED) is 0.596. The van der Waals surface area contributed by atoms with Crippen LogP contribution in [0.4, 0.5) is 4.79 Å². The maximum Gasteiger partial charge on any atom is 0.412 e. The van der Waals surface area contributed by atoms with Crippen LogP contribution in [0.25, 0.3) is 0 Å². The molecule has 1 saturated carbocycles. The summed E-state index contributed by atoms with van der Waals surface area (Å²) in [5.41, 5.74) is 1.23. The van der Waals surface area contributed by atoms with Crippen molar-refractivity contribution in [2.24, 2.45) is 11.3 Å². The van der Waals surface area contributed by atoms with Gasteiger partial charge in [0.2, 0.25) is 5.91 Å². The fraction of sp³-hybridized carbons (Fsp3) is 0.481. The number of nitrogens with zero attached hydrogens (tertiary/aromatic N) is 1. The van der Waals surface area contributed by atoms with Gasteiger partial charge in [-0.2, -0.15) is 0 Å². The Kier molecular flexibility index (Phi) is 7.28. The lowest BCUT2D eigenvalue weighted by atomic mass is 9.70. The molecule has 2 aliphatic rings. The van der Waals surface area contributed by atoms with Crippen LogP contribution in [0.3, 0.4) is 0 Å². The first-order valence-electron chi connectivity index (χ1n) is 11.9. The third kappa shape index (κ3) is 5.70. The van der Waals surface area contributed by atoms with Crippen molar-refractivity contribution in [1.82, 2.24) is 10.2 Å². The Hall–Kier alpha value is -2.53. The first-order valence-corrected chi connectivity index (χ1v) is 12.3. The molecule has 4 rings (SSSR count). The Bertz CT molecular complexity index is 961. The van der Waals surface area contributed by atoms with Crippen molar-refractivity contribution in [3.63, 3.8) is 0 Å². The molecule has 0 bridgehead atoms. The maximum absolute atomic E-state index is 13.6. The van der Waals surface area contributed by atoms with Crippen LogP contribution in [0, 0.1) is 11.3 Å². The summed E-state index contributed by atoms with van der Waals surface area (Å²) in [5, 5.41) is 3.72. The van der Waals surface area contributed by atoms with E-state index in [1.165, 1.54) is 5.56 Å². The van der Waals surface area contributed by atoms with Gasteiger partial charge in [-0.25, -0.2) is 4.79 Å². The topological polar surface area (TPSA) is 58.6 Å². The molecule has 33 heavy (non-hydrogen) atoms. The van der Waals surface area contributed by atoms with Gasteiger partial charge in [0.15, 0.2) is 0 Å². The van der Waals surface area contributed by atoms with Gasteiger partial charge in [-0.1, -0.05) is 68.6 Å². The van der Waals surface area contributed by atoms with Crippen molar-refractivity contribution >= 4 is 23.6 Å². The number of hydrogen-bond acceptors (Lipinski definition) is 3. The Morgan fingerprint density at radius 3 is 2.39 bits per heavy atom. The number of para-hydroxylation sites is 1. The summed E-state index contributed by atoms with van der Waals surface area (Å²) in [6, 6.07) is 16.9. The molecule has 5 nitrogen and oxygen atoms in total. The van der Waals surface area contributed by atoms with Crippen molar-refractivity contribution in [3.05, 3.63) is 65.2 Å². The van der Waals surface area contributed by atoms with Gasteiger partial charge in [-0.05, 0) is 60.4 Å². The minimum atomic E-state index is -0.493. The van der Waals surface area contributed by atoms with E-state index in [2.05, 4.69) is 31.3 Å². The summed E-state index contributed by atoms with van der Waals surface area (Å²) in [6.07, 6.45) is 4.03. The average molecular weight is 469 g/mol. The number of benzene rings is 2. The second kappa shape index (κ2) is 10.2. The number of carbonyl (C=O) groups is 2. The lowest BCUT2D eigenvalue weighted by Crippen LogP contribution is -2.54. The summed E-state index contributed by atoms with van der Waals surface area (Å²) in [4.78, 5) is 28.1. The summed E-state index contributed by atoms with van der Waals surface area (Å²) < 4.78 is 5.41. The second-order valence-electron chi connectivity index (χ2n) is 9.99. The number of piperidine rings is 1. The van der Waals surface area contributed by atoms with Gasteiger partial charge < -0.3 is 15.0 Å². The van der Waals surface area contributed by atoms with Crippen LogP contribution in [0.2, 0.25) is 5.02 Å². The van der Waals surface area contributed by atoms with E-state index in [0.717, 1.165) is 43.7 Å². The van der Waals surface area contributed by atoms with Gasteiger partial charge in [0.05, 0.1) is 5.92 Å². The highest BCUT2D eigenvalue weighted by Gasteiger charge is 2.42. The number of likely N-dealkylation sites (tertiary alicyclic amines) is 1. The van der Waals surface area contributed by atoms with Gasteiger partial charge in [-0.3, -0.25) is 4.79 Å². The van der Waals surface area contributed by atoms with E-state index in [0.29, 0.717) is 18.2 Å². The molecule has 6 heteroatoms. The first kappa shape index (κ1) is 23.6. The van der Waals surface area contributed by atoms with E-state index in [9.17, 15) is 9.59 Å². The summed E-state index contributed by atoms with van der Waals surface area (Å²) >= 11 is 6.08. The molecular formula is C27H33ClN2O3. The third-order valence-electron chi connectivity index (χ3n) is 7.15. The molecule has 2 amide bonds. The summed E-state index contributed by atoms with van der Waals surface area (Å²) in [5.74, 6) is 0.826. The lowest BCUT2D eigenvalue weighted by molar-refractivity contribution is -0.141. The molecule has 1 saturated heterocycles. The average Bonchev–Trinajstić information content (AvgIpc) is 2.80. The highest BCUT2D eigenvalue weighted by Crippen LogP contribution is 2.43. The third-order valence-corrected chi connectivity index (χ3v) is 7.41. The van der Waals surface area contributed by atoms with Gasteiger partial charge in [0, 0.05) is 24.2 Å². The van der Waals surface area contributed by atoms with Gasteiger partial charge in [0.25, 0.3) is 0 Å². The van der Waals surface area contributed by atoms with E-state index in [-0.39, 0.29) is 23.3 Å². The first-order chi connectivity index (χ1) is 15.8. The summed E-state index contributed by atoms with van der Waals surface area (Å²) in [6.45, 7) is 5.91. The molecule has 176 valence electrons. The molecule has 2 aromatic rings. The fourth-order valence-corrected chi connectivity index (χ4v) is 5.59. The maximum atomic E-state index is 13.6. The van der Waals surface area contributed by atoms with Crippen LogP contribution in [0.5, 0.6) is 5.75 Å². The van der Waals surface area contributed by atoms with Crippen molar-refractivity contribution in [3.8, 4) is 5.75 Å². The van der Waals surface area contributed by atoms with Crippen molar-refractivity contribution < 1.29 is 14.3 Å². The van der Waals surface area contributed by atoms with Gasteiger partial charge >= 0.3 is 6.09 Å². The van der Waals surface area contributed by atoms with E-state index in [1.54, 1.807) is 12.1 Å². The molecule has 1 heterocycles. The number of ether oxygens (including phenoxy) is 1. The van der Waals surface area contributed by atoms with E-state index >= 15 is 0 Å². The van der Waals surface area contributed by atoms with Gasteiger partial charge in [0.1, 0.15) is 5.75 Å². The zero-order valence-corrected chi connectivity index (χ0v) is 20.2. The van der Waals surface area contributed by atoms with E-state index in [4.69, 9.17) is 16.3 Å². The zero-order valence-electron chi connectivity index (χ0n) is 19.4. The Morgan fingerprint density at radius 2 is 1.70 bits per heavy atom. The molecule has 0 radical (unpaired) electrons. The largest absolute Gasteiger partial charge is 0.412 e. The predicted molar refractivity (Wildman–Crippen MR) is 131 cm³/mol. The minimum absolute atomic E-state index is 0.0500. The molecule has 0 aromatic heterocycles. The molecule has 1 N–H and O–H groups in total. The van der Waals surface area contributed by atoms with Crippen LogP contribution < -0.4 is 10.1 Å². The number of nitrogens with one attached hydrogen (secondary N) is 1. The molecule has 2 fully saturated rings. The number of hydrogen-bond donors (Lipinski definition) is 1. The molecule has 3 atom stereocenters. The van der Waals surface area contributed by atoms with E-state index in [1.807, 2.05) is 35.2 Å². The second-order valence-corrected chi connectivity index (χ2v) is 10.4.